The minimum absolute atomic E-state index is 0.428. The number of rotatable bonds is 5. The van der Waals surface area contributed by atoms with Crippen LogP contribution in [-0.2, 0) is 6.42 Å². The minimum atomic E-state index is 0.428. The molecule has 0 amide bonds. The fraction of sp³-hybridized carbons (Fsp3) is 0.417. The highest BCUT2D eigenvalue weighted by atomic mass is 35.5. The van der Waals surface area contributed by atoms with Crippen LogP contribution in [0.4, 0.5) is 0 Å². The van der Waals surface area contributed by atoms with E-state index in [1.54, 1.807) is 7.11 Å². The van der Waals surface area contributed by atoms with E-state index < -0.39 is 0 Å². The molecule has 0 radical (unpaired) electrons. The van der Waals surface area contributed by atoms with Gasteiger partial charge in [0.2, 0.25) is 0 Å². The Labute approximate surface area is 106 Å². The normalized spacial score (nSPS) is 11.9. The Morgan fingerprint density at radius 3 is 2.94 bits per heavy atom. The highest BCUT2D eigenvalue weighted by molar-refractivity contribution is 8.03. The van der Waals surface area contributed by atoms with E-state index in [0.717, 1.165) is 28.5 Å². The van der Waals surface area contributed by atoms with Crippen LogP contribution in [0.1, 0.15) is 12.5 Å². The lowest BCUT2D eigenvalue weighted by molar-refractivity contribution is 0.407. The van der Waals surface area contributed by atoms with E-state index in [2.05, 4.69) is 12.3 Å². The molecule has 86 valence electrons. The number of methoxy groups -OCH3 is 1. The molecule has 0 aliphatic carbocycles. The number of thioether (sulfide) groups is 1. The van der Waals surface area contributed by atoms with E-state index >= 15 is 0 Å². The molecule has 1 atom stereocenters. The molecule has 1 aromatic rings. The first-order valence-corrected chi connectivity index (χ1v) is 6.37. The molecule has 0 aliphatic rings. The molecule has 0 saturated heterocycles. The lowest BCUT2D eigenvalue weighted by Crippen LogP contribution is -2.04. The monoisotopic (exact) mass is 255 g/mol. The summed E-state index contributed by atoms with van der Waals surface area (Å²) >= 11 is 7.23. The van der Waals surface area contributed by atoms with Crippen molar-refractivity contribution in [3.63, 3.8) is 0 Å². The molecular formula is C12H14ClNOS. The third-order valence-corrected chi connectivity index (χ3v) is 3.34. The third-order valence-electron chi connectivity index (χ3n) is 2.24. The summed E-state index contributed by atoms with van der Waals surface area (Å²) in [6.45, 7) is 2.12. The summed E-state index contributed by atoms with van der Waals surface area (Å²) < 4.78 is 5.28. The molecule has 1 unspecified atom stereocenters. The van der Waals surface area contributed by atoms with Gasteiger partial charge in [-0.2, -0.15) is 5.26 Å². The Morgan fingerprint density at radius 1 is 1.56 bits per heavy atom. The molecule has 16 heavy (non-hydrogen) atoms. The van der Waals surface area contributed by atoms with Crippen LogP contribution < -0.4 is 4.74 Å². The second-order valence-corrected chi connectivity index (χ2v) is 4.91. The summed E-state index contributed by atoms with van der Waals surface area (Å²) in [5.41, 5.74) is 1.10. The quantitative estimate of drug-likeness (QED) is 0.752. The van der Waals surface area contributed by atoms with Gasteiger partial charge < -0.3 is 4.74 Å². The summed E-state index contributed by atoms with van der Waals surface area (Å²) in [6, 6.07) is 5.62. The molecule has 0 N–H and O–H groups in total. The lowest BCUT2D eigenvalue weighted by Gasteiger charge is -2.12. The summed E-state index contributed by atoms with van der Waals surface area (Å²) in [7, 11) is 1.65. The Kier molecular flexibility index (Phi) is 5.51. The maximum absolute atomic E-state index is 8.49. The third kappa shape index (κ3) is 3.96. The maximum atomic E-state index is 8.49. The van der Waals surface area contributed by atoms with Crippen molar-refractivity contribution >= 4 is 23.4 Å². The standard InChI is InChI=1S/C12H14ClNOS/c1-9(7-16-8-14)5-10-6-11(13)3-4-12(10)15-2/h3-4,6,9H,5,7H2,1-2H3. The summed E-state index contributed by atoms with van der Waals surface area (Å²) in [4.78, 5) is 0. The number of nitriles is 1. The molecule has 0 saturated carbocycles. The number of ether oxygens (including phenoxy) is 1. The number of nitrogens with zero attached hydrogens (tertiary/aromatic N) is 1. The van der Waals surface area contributed by atoms with Gasteiger partial charge in [-0.05, 0) is 47.9 Å². The first-order valence-electron chi connectivity index (χ1n) is 5.00. The van der Waals surface area contributed by atoms with E-state index in [1.165, 1.54) is 11.8 Å². The maximum Gasteiger partial charge on any atom is 0.133 e. The number of hydrogen-bond donors (Lipinski definition) is 0. The predicted octanol–water partition coefficient (Wildman–Crippen LogP) is 3.74. The van der Waals surface area contributed by atoms with Gasteiger partial charge in [-0.1, -0.05) is 18.5 Å². The zero-order valence-electron chi connectivity index (χ0n) is 9.37. The van der Waals surface area contributed by atoms with Gasteiger partial charge in [0.1, 0.15) is 11.2 Å². The van der Waals surface area contributed by atoms with Gasteiger partial charge in [0, 0.05) is 10.8 Å². The summed E-state index contributed by atoms with van der Waals surface area (Å²) in [5.74, 6) is 2.11. The van der Waals surface area contributed by atoms with E-state index in [-0.39, 0.29) is 0 Å². The molecule has 1 rings (SSSR count). The summed E-state index contributed by atoms with van der Waals surface area (Å²) in [6.07, 6.45) is 0.873. The number of benzene rings is 1. The highest BCUT2D eigenvalue weighted by Crippen LogP contribution is 2.26. The summed E-state index contributed by atoms with van der Waals surface area (Å²) in [5, 5.41) is 11.3. The van der Waals surface area contributed by atoms with E-state index in [4.69, 9.17) is 21.6 Å². The van der Waals surface area contributed by atoms with Crippen molar-refractivity contribution in [1.82, 2.24) is 0 Å². The first kappa shape index (κ1) is 13.2. The highest BCUT2D eigenvalue weighted by Gasteiger charge is 2.09. The van der Waals surface area contributed by atoms with Crippen LogP contribution in [0, 0.1) is 16.6 Å². The second-order valence-electron chi connectivity index (χ2n) is 3.67. The van der Waals surface area contributed by atoms with E-state index in [9.17, 15) is 0 Å². The van der Waals surface area contributed by atoms with Gasteiger partial charge in [-0.15, -0.1) is 0 Å². The molecule has 0 aromatic heterocycles. The molecule has 0 bridgehead atoms. The van der Waals surface area contributed by atoms with Crippen molar-refractivity contribution in [3.05, 3.63) is 28.8 Å². The van der Waals surface area contributed by atoms with Crippen molar-refractivity contribution in [2.45, 2.75) is 13.3 Å². The van der Waals surface area contributed by atoms with Crippen LogP contribution in [-0.4, -0.2) is 12.9 Å². The molecular weight excluding hydrogens is 242 g/mol. The first-order chi connectivity index (χ1) is 7.67. The number of hydrogen-bond acceptors (Lipinski definition) is 3. The Hall–Kier alpha value is -0.850. The Morgan fingerprint density at radius 2 is 2.31 bits per heavy atom. The Balaban J connectivity index is 2.71. The van der Waals surface area contributed by atoms with Gasteiger partial charge in [-0.3, -0.25) is 0 Å². The smallest absolute Gasteiger partial charge is 0.133 e. The van der Waals surface area contributed by atoms with Crippen molar-refractivity contribution < 1.29 is 4.74 Å². The molecule has 2 nitrogen and oxygen atoms in total. The fourth-order valence-corrected chi connectivity index (χ4v) is 2.19. The zero-order chi connectivity index (χ0) is 12.0. The molecule has 0 aliphatic heterocycles. The SMILES string of the molecule is COc1ccc(Cl)cc1CC(C)CSC#N. The van der Waals surface area contributed by atoms with Crippen molar-refractivity contribution in [2.24, 2.45) is 5.92 Å². The van der Waals surface area contributed by atoms with Crippen molar-refractivity contribution in [1.29, 1.82) is 5.26 Å². The van der Waals surface area contributed by atoms with Crippen LogP contribution in [0.5, 0.6) is 5.75 Å². The van der Waals surface area contributed by atoms with Crippen molar-refractivity contribution in [3.8, 4) is 11.2 Å². The van der Waals surface area contributed by atoms with Crippen LogP contribution in [0.2, 0.25) is 5.02 Å². The average Bonchev–Trinajstić information content (AvgIpc) is 2.27. The second kappa shape index (κ2) is 6.67. The average molecular weight is 256 g/mol. The Bertz CT molecular complexity index is 389. The van der Waals surface area contributed by atoms with Gasteiger partial charge in [0.05, 0.1) is 7.11 Å². The molecule has 4 heteroatoms. The van der Waals surface area contributed by atoms with Crippen LogP contribution in [0.3, 0.4) is 0 Å². The number of halogens is 1. The molecule has 0 heterocycles. The fourth-order valence-electron chi connectivity index (χ4n) is 1.52. The van der Waals surface area contributed by atoms with E-state index in [1.807, 2.05) is 18.2 Å². The predicted molar refractivity (Wildman–Crippen MR) is 68.9 cm³/mol. The van der Waals surface area contributed by atoms with Gasteiger partial charge >= 0.3 is 0 Å². The number of thiocyanates is 1. The van der Waals surface area contributed by atoms with Gasteiger partial charge in [0.25, 0.3) is 0 Å². The van der Waals surface area contributed by atoms with Crippen LogP contribution in [0.25, 0.3) is 0 Å². The molecule has 1 aromatic carbocycles. The lowest BCUT2D eigenvalue weighted by atomic mass is 10.0. The van der Waals surface area contributed by atoms with Crippen molar-refractivity contribution in [2.75, 3.05) is 12.9 Å². The van der Waals surface area contributed by atoms with Crippen LogP contribution >= 0.6 is 23.4 Å². The van der Waals surface area contributed by atoms with Crippen LogP contribution in [0.15, 0.2) is 18.2 Å². The molecule has 0 spiro atoms. The van der Waals surface area contributed by atoms with Gasteiger partial charge in [-0.25, -0.2) is 0 Å². The minimum Gasteiger partial charge on any atom is -0.496 e. The largest absolute Gasteiger partial charge is 0.496 e. The van der Waals surface area contributed by atoms with E-state index in [0.29, 0.717) is 5.92 Å². The zero-order valence-corrected chi connectivity index (χ0v) is 10.9. The topological polar surface area (TPSA) is 33.0 Å². The molecule has 0 fully saturated rings. The van der Waals surface area contributed by atoms with Gasteiger partial charge in [0.15, 0.2) is 0 Å².